The molecular weight excluding hydrogens is 1130 g/mol. The number of nitrogens with zero attached hydrogens (tertiary/aromatic N) is 15. The van der Waals surface area contributed by atoms with Crippen molar-refractivity contribution in [2.24, 2.45) is 21.1 Å². The smallest absolute Gasteiger partial charge is 0.330 e. The summed E-state index contributed by atoms with van der Waals surface area (Å²) in [6.07, 6.45) is 4.90. The third-order valence-corrected chi connectivity index (χ3v) is 15.5. The van der Waals surface area contributed by atoms with Crippen LogP contribution in [0.1, 0.15) is 37.5 Å². The number of aromatic nitrogens is 12. The average molecular weight is 1200 g/mol. The Bertz CT molecular complexity index is 4160. The average Bonchev–Trinajstić information content (AvgIpc) is 1.66. The fourth-order valence-corrected chi connectivity index (χ4v) is 10.4. The van der Waals surface area contributed by atoms with Gasteiger partial charge in [-0.2, -0.15) is 0 Å². The van der Waals surface area contributed by atoms with E-state index in [1.165, 1.54) is 27.4 Å². The second-order valence-electron chi connectivity index (χ2n) is 21.3. The van der Waals surface area contributed by atoms with E-state index in [0.717, 1.165) is 33.4 Å². The second kappa shape index (κ2) is 28.5. The molecule has 0 N–H and O–H groups in total. The molecule has 0 aliphatic carbocycles. The van der Waals surface area contributed by atoms with E-state index >= 15 is 0 Å². The molecule has 21 nitrogen and oxygen atoms in total. The van der Waals surface area contributed by atoms with Crippen molar-refractivity contribution in [1.29, 1.82) is 0 Å². The summed E-state index contributed by atoms with van der Waals surface area (Å²) in [6, 6.07) is 58.1. The molecule has 0 atom stereocenters. The molecule has 6 aromatic heterocycles. The molecule has 12 rings (SSSR count). The van der Waals surface area contributed by atoms with E-state index in [-0.39, 0.29) is 54.4 Å². The summed E-state index contributed by atoms with van der Waals surface area (Å²) in [5.41, 5.74) is 8.02. The predicted molar refractivity (Wildman–Crippen MR) is 347 cm³/mol. The largest absolute Gasteiger partial charge is 0.337 e. The lowest BCUT2D eigenvalue weighted by molar-refractivity contribution is -0.133. The number of rotatable bonds is 18. The van der Waals surface area contributed by atoms with Gasteiger partial charge in [0.15, 0.2) is 34.4 Å². The normalized spacial score (nSPS) is 11.0. The van der Waals surface area contributed by atoms with Gasteiger partial charge in [-0.15, -0.1) is 0 Å². The lowest BCUT2D eigenvalue weighted by atomic mass is 10.2. The first kappa shape index (κ1) is 61.9. The van der Waals surface area contributed by atoms with Crippen LogP contribution in [0, 0.1) is 0 Å². The summed E-state index contributed by atoms with van der Waals surface area (Å²) in [5.74, 6) is 1.17. The number of benzene rings is 6. The van der Waals surface area contributed by atoms with Gasteiger partial charge >= 0.3 is 17.1 Å². The molecule has 6 aromatic carbocycles. The van der Waals surface area contributed by atoms with Gasteiger partial charge in [0.05, 0.1) is 18.6 Å². The van der Waals surface area contributed by atoms with Crippen LogP contribution in [-0.2, 0) is 74.8 Å². The molecule has 0 aliphatic rings. The number of aryl methyl sites for hydroxylation is 3. The fourth-order valence-electron chi connectivity index (χ4n) is 10.4. The van der Waals surface area contributed by atoms with Crippen molar-refractivity contribution >= 4 is 51.2 Å². The Hall–Kier alpha value is -11.2. The molecule has 0 saturated carbocycles. The van der Waals surface area contributed by atoms with E-state index in [9.17, 15) is 28.8 Å². The molecule has 6 heterocycles. The Balaban J connectivity index is 0.000000148. The van der Waals surface area contributed by atoms with Crippen molar-refractivity contribution in [3.05, 3.63) is 249 Å². The van der Waals surface area contributed by atoms with Gasteiger partial charge in [-0.05, 0) is 37.5 Å². The van der Waals surface area contributed by atoms with E-state index in [4.69, 9.17) is 0 Å². The summed E-state index contributed by atoms with van der Waals surface area (Å²) in [5, 5.41) is 0. The summed E-state index contributed by atoms with van der Waals surface area (Å²) in [6.45, 7) is 8.76. The number of likely N-dealkylation sites (N-methyl/N-ethyl adjacent to an activating group) is 3. The van der Waals surface area contributed by atoms with Crippen molar-refractivity contribution in [3.8, 4) is 34.2 Å². The number of fused-ring (bicyclic) bond motifs is 3. The van der Waals surface area contributed by atoms with Crippen molar-refractivity contribution in [1.82, 2.24) is 72.0 Å². The second-order valence-corrected chi connectivity index (χ2v) is 21.3. The summed E-state index contributed by atoms with van der Waals surface area (Å²) >= 11 is 0. The Labute approximate surface area is 519 Å². The first-order valence-corrected chi connectivity index (χ1v) is 29.6. The van der Waals surface area contributed by atoms with E-state index in [1.807, 2.05) is 203 Å². The van der Waals surface area contributed by atoms with Gasteiger partial charge in [0, 0.05) is 77.1 Å². The van der Waals surface area contributed by atoms with Crippen molar-refractivity contribution in [2.75, 3.05) is 19.6 Å². The lowest BCUT2D eigenvalue weighted by Crippen LogP contribution is -2.36. The topological polar surface area (TPSA) is 219 Å². The van der Waals surface area contributed by atoms with E-state index in [1.54, 1.807) is 54.4 Å². The molecule has 456 valence electrons. The van der Waals surface area contributed by atoms with Crippen LogP contribution in [0.3, 0.4) is 0 Å². The first-order chi connectivity index (χ1) is 43.7. The van der Waals surface area contributed by atoms with Gasteiger partial charge < -0.3 is 14.7 Å². The number of imidazole rings is 3. The van der Waals surface area contributed by atoms with E-state index in [2.05, 4.69) is 29.9 Å². The van der Waals surface area contributed by atoms with Crippen LogP contribution in [0.5, 0.6) is 0 Å². The highest BCUT2D eigenvalue weighted by molar-refractivity contribution is 5.82. The van der Waals surface area contributed by atoms with Crippen LogP contribution in [0.2, 0.25) is 0 Å². The van der Waals surface area contributed by atoms with Gasteiger partial charge in [0.2, 0.25) is 17.7 Å². The number of carbonyl (C=O) groups is 3. The summed E-state index contributed by atoms with van der Waals surface area (Å²) < 4.78 is 8.72. The van der Waals surface area contributed by atoms with Crippen LogP contribution < -0.4 is 17.1 Å². The Morgan fingerprint density at radius 2 is 0.567 bits per heavy atom. The highest BCUT2D eigenvalue weighted by Crippen LogP contribution is 2.22. The minimum Gasteiger partial charge on any atom is -0.337 e. The van der Waals surface area contributed by atoms with Crippen LogP contribution in [0.4, 0.5) is 0 Å². The standard InChI is InChI=1S/3C23H23N5O2/c3*1-3-27(15-17-10-6-4-7-11-17)20(29)16-28-22-19(26(2)23(28)30)14-24-21(25-22)18-12-8-5-9-13-18/h3*4-14H,3,15-16H2,1-2H3. The Morgan fingerprint density at radius 1 is 0.344 bits per heavy atom. The van der Waals surface area contributed by atoms with Gasteiger partial charge in [-0.3, -0.25) is 41.8 Å². The molecule has 3 amide bonds. The number of hydrogen-bond acceptors (Lipinski definition) is 12. The van der Waals surface area contributed by atoms with Crippen LogP contribution in [0.25, 0.3) is 67.7 Å². The summed E-state index contributed by atoms with van der Waals surface area (Å²) in [7, 11) is 5.00. The van der Waals surface area contributed by atoms with Gasteiger partial charge in [0.1, 0.15) is 36.2 Å². The van der Waals surface area contributed by atoms with Crippen molar-refractivity contribution in [2.45, 2.75) is 60.0 Å². The fraction of sp³-hybridized carbons (Fsp3) is 0.217. The number of amides is 3. The van der Waals surface area contributed by atoms with Crippen molar-refractivity contribution in [3.63, 3.8) is 0 Å². The molecule has 0 saturated heterocycles. The molecule has 0 unspecified atom stereocenters. The number of carbonyl (C=O) groups excluding carboxylic acids is 3. The zero-order valence-corrected chi connectivity index (χ0v) is 51.1. The zero-order chi connectivity index (χ0) is 63.3. The maximum Gasteiger partial charge on any atom is 0.330 e. The van der Waals surface area contributed by atoms with Crippen molar-refractivity contribution < 1.29 is 14.4 Å². The zero-order valence-electron chi connectivity index (χ0n) is 51.1. The Morgan fingerprint density at radius 3 is 0.789 bits per heavy atom. The Kier molecular flexibility index (Phi) is 19.6. The third kappa shape index (κ3) is 14.0. The maximum absolute atomic E-state index is 13.0. The molecule has 0 bridgehead atoms. The quantitative estimate of drug-likeness (QED) is 0.0789. The molecule has 0 radical (unpaired) electrons. The van der Waals surface area contributed by atoms with Gasteiger partial charge in [-0.25, -0.2) is 44.3 Å². The molecule has 12 aromatic rings. The number of hydrogen-bond donors (Lipinski definition) is 0. The van der Waals surface area contributed by atoms with Gasteiger partial charge in [-0.1, -0.05) is 182 Å². The monoisotopic (exact) mass is 1200 g/mol. The molecule has 0 spiro atoms. The minimum atomic E-state index is -0.284. The SMILES string of the molecule is CCN(Cc1ccccc1)C(=O)Cn1c(=O)n(C)c2cnc(-c3ccccc3)nc21.CCN(Cc1ccccc1)C(=O)Cn1c(=O)n(C)c2cnc(-c3ccccc3)nc21.CCN(Cc1ccccc1)C(=O)Cn1c(=O)n(C)c2cnc(-c3ccccc3)nc21. The first-order valence-electron chi connectivity index (χ1n) is 29.6. The predicted octanol–water partition coefficient (Wildman–Crippen LogP) is 8.54. The van der Waals surface area contributed by atoms with Crippen LogP contribution in [-0.4, -0.2) is 109 Å². The molecule has 21 heteroatoms. The molecule has 90 heavy (non-hydrogen) atoms. The highest BCUT2D eigenvalue weighted by Gasteiger charge is 2.23. The highest BCUT2D eigenvalue weighted by atomic mass is 16.2. The molecule has 0 aliphatic heterocycles. The van der Waals surface area contributed by atoms with E-state index in [0.29, 0.717) is 90.2 Å². The molecule has 0 fully saturated rings. The third-order valence-electron chi connectivity index (χ3n) is 15.5. The minimum absolute atomic E-state index is 0.0674. The molecular formula is C69H69N15O6. The van der Waals surface area contributed by atoms with E-state index < -0.39 is 0 Å². The van der Waals surface area contributed by atoms with Gasteiger partial charge in [0.25, 0.3) is 0 Å². The van der Waals surface area contributed by atoms with Crippen LogP contribution >= 0.6 is 0 Å². The lowest BCUT2D eigenvalue weighted by Gasteiger charge is -2.21. The van der Waals surface area contributed by atoms with Crippen LogP contribution in [0.15, 0.2) is 215 Å². The summed E-state index contributed by atoms with van der Waals surface area (Å²) in [4.78, 5) is 110. The maximum atomic E-state index is 13.0.